The third kappa shape index (κ3) is 2.78. The number of rotatable bonds is 3. The van der Waals surface area contributed by atoms with Gasteiger partial charge in [-0.1, -0.05) is 23.7 Å². The van der Waals surface area contributed by atoms with Gasteiger partial charge in [-0.2, -0.15) is 0 Å². The van der Waals surface area contributed by atoms with Crippen molar-refractivity contribution in [2.75, 3.05) is 11.4 Å². The van der Waals surface area contributed by atoms with E-state index in [1.807, 2.05) is 24.4 Å². The minimum atomic E-state index is -0.977. The first kappa shape index (κ1) is 13.7. The Bertz CT molecular complexity index is 709. The molecule has 5 nitrogen and oxygen atoms in total. The predicted octanol–water partition coefficient (Wildman–Crippen LogP) is 2.65. The van der Waals surface area contributed by atoms with Crippen molar-refractivity contribution in [2.45, 2.75) is 13.1 Å². The third-order valence-corrected chi connectivity index (χ3v) is 3.79. The maximum absolute atomic E-state index is 10.7. The molecule has 0 bridgehead atoms. The number of anilines is 1. The Morgan fingerprint density at radius 2 is 2.24 bits per heavy atom. The molecule has 3 rings (SSSR count). The second kappa shape index (κ2) is 5.61. The van der Waals surface area contributed by atoms with Crippen LogP contribution in [0.25, 0.3) is 6.08 Å². The first-order chi connectivity index (χ1) is 10.1. The molecule has 0 atom stereocenters. The van der Waals surface area contributed by atoms with Crippen molar-refractivity contribution in [1.82, 2.24) is 9.55 Å². The van der Waals surface area contributed by atoms with Crippen LogP contribution in [0.15, 0.2) is 36.7 Å². The van der Waals surface area contributed by atoms with Gasteiger partial charge >= 0.3 is 5.97 Å². The van der Waals surface area contributed by atoms with Crippen LogP contribution in [0.1, 0.15) is 11.4 Å². The second-order valence-electron chi connectivity index (χ2n) is 4.81. The number of benzene rings is 1. The fraction of sp³-hybridized carbons (Fsp3) is 0.200. The summed E-state index contributed by atoms with van der Waals surface area (Å²) in [4.78, 5) is 17.2. The summed E-state index contributed by atoms with van der Waals surface area (Å²) in [6.07, 6.45) is 6.45. The van der Waals surface area contributed by atoms with Gasteiger partial charge in [-0.15, -0.1) is 0 Å². The summed E-state index contributed by atoms with van der Waals surface area (Å²) < 4.78 is 2.11. The molecule has 1 aliphatic heterocycles. The number of hydrogen-bond donors (Lipinski definition) is 1. The highest BCUT2D eigenvalue weighted by Gasteiger charge is 2.20. The SMILES string of the molecule is O=C(O)/C=C/c1cccc(Cl)c1N1CCn2ccnc2C1. The minimum absolute atomic E-state index is 0.613. The van der Waals surface area contributed by atoms with E-state index in [4.69, 9.17) is 16.7 Å². The van der Waals surface area contributed by atoms with E-state index in [1.165, 1.54) is 0 Å². The van der Waals surface area contributed by atoms with Crippen LogP contribution in [0.2, 0.25) is 5.02 Å². The molecule has 1 aliphatic rings. The van der Waals surface area contributed by atoms with E-state index < -0.39 is 5.97 Å². The van der Waals surface area contributed by atoms with Crippen molar-refractivity contribution in [3.05, 3.63) is 53.1 Å². The van der Waals surface area contributed by atoms with E-state index in [1.54, 1.807) is 12.3 Å². The van der Waals surface area contributed by atoms with Crippen molar-refractivity contribution < 1.29 is 9.90 Å². The lowest BCUT2D eigenvalue weighted by Gasteiger charge is -2.31. The minimum Gasteiger partial charge on any atom is -0.478 e. The summed E-state index contributed by atoms with van der Waals surface area (Å²) in [6, 6.07) is 5.50. The van der Waals surface area contributed by atoms with Gasteiger partial charge in [0.05, 0.1) is 17.3 Å². The number of carboxylic acids is 1. The topological polar surface area (TPSA) is 58.4 Å². The summed E-state index contributed by atoms with van der Waals surface area (Å²) in [5, 5.41) is 9.41. The number of hydrogen-bond acceptors (Lipinski definition) is 3. The molecule has 6 heteroatoms. The maximum Gasteiger partial charge on any atom is 0.328 e. The number of imidazole rings is 1. The zero-order valence-electron chi connectivity index (χ0n) is 11.2. The molecule has 0 saturated heterocycles. The van der Waals surface area contributed by atoms with E-state index in [2.05, 4.69) is 14.5 Å². The molecule has 1 aromatic heterocycles. The number of carboxylic acid groups (broad SMARTS) is 1. The third-order valence-electron chi connectivity index (χ3n) is 3.48. The van der Waals surface area contributed by atoms with E-state index in [0.717, 1.165) is 36.2 Å². The number of aromatic nitrogens is 2. The van der Waals surface area contributed by atoms with Gasteiger partial charge in [0.1, 0.15) is 5.82 Å². The molecule has 0 amide bonds. The highest BCUT2D eigenvalue weighted by molar-refractivity contribution is 6.33. The van der Waals surface area contributed by atoms with E-state index in [-0.39, 0.29) is 0 Å². The zero-order chi connectivity index (χ0) is 14.8. The molecule has 0 spiro atoms. The predicted molar refractivity (Wildman–Crippen MR) is 81.4 cm³/mol. The molecule has 21 heavy (non-hydrogen) atoms. The van der Waals surface area contributed by atoms with Crippen LogP contribution >= 0.6 is 11.6 Å². The molecule has 0 radical (unpaired) electrons. The molecule has 1 aromatic carbocycles. The van der Waals surface area contributed by atoms with Gasteiger partial charge in [0.25, 0.3) is 0 Å². The van der Waals surface area contributed by atoms with Crippen LogP contribution in [-0.2, 0) is 17.9 Å². The summed E-state index contributed by atoms with van der Waals surface area (Å²) in [5.74, 6) is 0.00412. The Kier molecular flexibility index (Phi) is 3.66. The summed E-state index contributed by atoms with van der Waals surface area (Å²) >= 11 is 6.33. The Hall–Kier alpha value is -2.27. The Balaban J connectivity index is 1.97. The zero-order valence-corrected chi connectivity index (χ0v) is 12.0. The lowest BCUT2D eigenvalue weighted by atomic mass is 10.1. The smallest absolute Gasteiger partial charge is 0.328 e. The van der Waals surface area contributed by atoms with Gasteiger partial charge in [-0.05, 0) is 17.7 Å². The molecule has 0 aliphatic carbocycles. The molecule has 1 N–H and O–H groups in total. The highest BCUT2D eigenvalue weighted by Crippen LogP contribution is 2.33. The van der Waals surface area contributed by atoms with Crippen LogP contribution in [0.5, 0.6) is 0 Å². The average Bonchev–Trinajstić information content (AvgIpc) is 2.92. The van der Waals surface area contributed by atoms with Crippen molar-refractivity contribution in [3.63, 3.8) is 0 Å². The molecular weight excluding hydrogens is 290 g/mol. The highest BCUT2D eigenvalue weighted by atomic mass is 35.5. The van der Waals surface area contributed by atoms with Crippen LogP contribution in [0.4, 0.5) is 5.69 Å². The van der Waals surface area contributed by atoms with Crippen molar-refractivity contribution >= 4 is 29.3 Å². The van der Waals surface area contributed by atoms with Gasteiger partial charge in [0.2, 0.25) is 0 Å². The first-order valence-corrected chi connectivity index (χ1v) is 6.97. The standard InChI is InChI=1S/C15H14ClN3O2/c16-12-3-1-2-11(4-5-14(20)21)15(12)19-9-8-18-7-6-17-13(18)10-19/h1-7H,8-10H2,(H,20,21)/b5-4+. The van der Waals surface area contributed by atoms with Gasteiger partial charge in [0, 0.05) is 31.6 Å². The average molecular weight is 304 g/mol. The Morgan fingerprint density at radius 1 is 1.38 bits per heavy atom. The Morgan fingerprint density at radius 3 is 3.05 bits per heavy atom. The summed E-state index contributed by atoms with van der Waals surface area (Å²) in [7, 11) is 0. The molecule has 0 fully saturated rings. The van der Waals surface area contributed by atoms with E-state index in [0.29, 0.717) is 11.6 Å². The fourth-order valence-electron chi connectivity index (χ4n) is 2.53. The second-order valence-corrected chi connectivity index (χ2v) is 5.21. The van der Waals surface area contributed by atoms with Gasteiger partial charge in [-0.3, -0.25) is 0 Å². The van der Waals surface area contributed by atoms with Gasteiger partial charge in [0.15, 0.2) is 0 Å². The molecule has 2 aromatic rings. The Labute approximate surface area is 127 Å². The normalized spacial score (nSPS) is 14.4. The summed E-state index contributed by atoms with van der Waals surface area (Å²) in [5.41, 5.74) is 1.65. The fourth-order valence-corrected chi connectivity index (χ4v) is 2.83. The lowest BCUT2D eigenvalue weighted by Crippen LogP contribution is -2.34. The van der Waals surface area contributed by atoms with Gasteiger partial charge < -0.3 is 14.6 Å². The van der Waals surface area contributed by atoms with Crippen LogP contribution in [-0.4, -0.2) is 27.2 Å². The number of aliphatic carboxylic acids is 1. The first-order valence-electron chi connectivity index (χ1n) is 6.59. The van der Waals surface area contributed by atoms with E-state index in [9.17, 15) is 4.79 Å². The molecular formula is C15H14ClN3O2. The van der Waals surface area contributed by atoms with Gasteiger partial charge in [-0.25, -0.2) is 9.78 Å². The largest absolute Gasteiger partial charge is 0.478 e. The molecule has 0 saturated carbocycles. The summed E-state index contributed by atoms with van der Waals surface area (Å²) in [6.45, 7) is 2.30. The molecule has 108 valence electrons. The maximum atomic E-state index is 10.7. The number of nitrogens with zero attached hydrogens (tertiary/aromatic N) is 3. The number of halogens is 1. The van der Waals surface area contributed by atoms with Crippen molar-refractivity contribution in [3.8, 4) is 0 Å². The van der Waals surface area contributed by atoms with Crippen molar-refractivity contribution in [2.24, 2.45) is 0 Å². The van der Waals surface area contributed by atoms with Crippen LogP contribution in [0, 0.1) is 0 Å². The quantitative estimate of drug-likeness (QED) is 0.886. The molecule has 0 unspecified atom stereocenters. The lowest BCUT2D eigenvalue weighted by molar-refractivity contribution is -0.131. The number of carbonyl (C=O) groups is 1. The monoisotopic (exact) mass is 303 g/mol. The molecule has 2 heterocycles. The van der Waals surface area contributed by atoms with Crippen LogP contribution < -0.4 is 4.90 Å². The van der Waals surface area contributed by atoms with Crippen LogP contribution in [0.3, 0.4) is 0 Å². The van der Waals surface area contributed by atoms with E-state index >= 15 is 0 Å². The number of para-hydroxylation sites is 1. The number of fused-ring (bicyclic) bond motifs is 1. The van der Waals surface area contributed by atoms with Crippen molar-refractivity contribution in [1.29, 1.82) is 0 Å².